The number of thiophene rings is 1. The van der Waals surface area contributed by atoms with E-state index >= 15 is 0 Å². The summed E-state index contributed by atoms with van der Waals surface area (Å²) >= 11 is 7.93. The lowest BCUT2D eigenvalue weighted by atomic mass is 9.94. The first-order valence-electron chi connectivity index (χ1n) is 12.3. The maximum absolute atomic E-state index is 13.3. The molecule has 3 heterocycles. The summed E-state index contributed by atoms with van der Waals surface area (Å²) in [5.41, 5.74) is 1.52. The number of ether oxygens (including phenoxy) is 1. The molecule has 10 heteroatoms. The van der Waals surface area contributed by atoms with Crippen molar-refractivity contribution in [3.63, 3.8) is 0 Å². The second-order valence-corrected chi connectivity index (χ2v) is 10.3. The summed E-state index contributed by atoms with van der Waals surface area (Å²) in [5, 5.41) is 5.28. The zero-order valence-corrected chi connectivity index (χ0v) is 22.6. The Morgan fingerprint density at radius 2 is 2.03 bits per heavy atom. The Hall–Kier alpha value is -3.14. The number of hydrogen-bond donors (Lipinski definition) is 1. The Bertz CT molecular complexity index is 1200. The standard InChI is InChI=1S/C27H31ClN4O4S/c1-4-12-32-21(17-30-13-14-31(18(3)16-30)25(33)22-11-8-15-37-22)23(26(34)36-5-2)24(29-27(32)35)19-9-6-7-10-20(19)28/h4,6-11,15,18,24H,1,5,12-14,16-17H2,2-3H3,(H,29,35)/t18-,24-/m0/s1. The third-order valence-electron chi connectivity index (χ3n) is 6.54. The van der Waals surface area contributed by atoms with E-state index in [1.165, 1.54) is 16.2 Å². The van der Waals surface area contributed by atoms with E-state index in [0.29, 0.717) is 48.0 Å². The Balaban J connectivity index is 1.68. The molecule has 2 aliphatic heterocycles. The van der Waals surface area contributed by atoms with Crippen LogP contribution in [0.15, 0.2) is 65.7 Å². The largest absolute Gasteiger partial charge is 0.463 e. The van der Waals surface area contributed by atoms with Gasteiger partial charge in [-0.1, -0.05) is 41.9 Å². The van der Waals surface area contributed by atoms with Crippen LogP contribution < -0.4 is 5.32 Å². The van der Waals surface area contributed by atoms with Crippen LogP contribution in [0.3, 0.4) is 0 Å². The molecule has 3 amide bonds. The molecule has 1 N–H and O–H groups in total. The van der Waals surface area contributed by atoms with Gasteiger partial charge in [-0.2, -0.15) is 0 Å². The second kappa shape index (κ2) is 11.9. The first-order chi connectivity index (χ1) is 17.8. The molecule has 0 radical (unpaired) electrons. The van der Waals surface area contributed by atoms with Crippen molar-refractivity contribution in [3.8, 4) is 0 Å². The van der Waals surface area contributed by atoms with Gasteiger partial charge >= 0.3 is 12.0 Å². The van der Waals surface area contributed by atoms with E-state index in [0.717, 1.165) is 4.88 Å². The molecular weight excluding hydrogens is 512 g/mol. The number of nitrogens with zero attached hydrogens (tertiary/aromatic N) is 3. The lowest BCUT2D eigenvalue weighted by Crippen LogP contribution is -2.56. The Kier molecular flexibility index (Phi) is 8.68. The van der Waals surface area contributed by atoms with Crippen LogP contribution >= 0.6 is 22.9 Å². The molecular formula is C27H31ClN4O4S. The van der Waals surface area contributed by atoms with Crippen LogP contribution in [0.25, 0.3) is 0 Å². The van der Waals surface area contributed by atoms with Crippen molar-refractivity contribution in [2.24, 2.45) is 0 Å². The van der Waals surface area contributed by atoms with Crippen molar-refractivity contribution >= 4 is 40.8 Å². The summed E-state index contributed by atoms with van der Waals surface area (Å²) in [6, 6.07) is 9.72. The minimum Gasteiger partial charge on any atom is -0.463 e. The van der Waals surface area contributed by atoms with Crippen molar-refractivity contribution in [1.82, 2.24) is 20.0 Å². The van der Waals surface area contributed by atoms with Crippen LogP contribution in [0, 0.1) is 0 Å². The lowest BCUT2D eigenvalue weighted by Gasteiger charge is -2.42. The Labute approximate surface area is 226 Å². The van der Waals surface area contributed by atoms with Crippen molar-refractivity contribution in [3.05, 3.63) is 81.2 Å². The molecule has 2 atom stereocenters. The van der Waals surface area contributed by atoms with Crippen LogP contribution in [0.1, 0.15) is 35.1 Å². The smallest absolute Gasteiger partial charge is 0.338 e. The summed E-state index contributed by atoms with van der Waals surface area (Å²) in [5.74, 6) is -0.478. The third kappa shape index (κ3) is 5.74. The van der Waals surface area contributed by atoms with Gasteiger partial charge in [-0.25, -0.2) is 9.59 Å². The van der Waals surface area contributed by atoms with Gasteiger partial charge in [0.2, 0.25) is 0 Å². The Morgan fingerprint density at radius 1 is 1.24 bits per heavy atom. The molecule has 196 valence electrons. The van der Waals surface area contributed by atoms with E-state index in [2.05, 4.69) is 16.8 Å². The highest BCUT2D eigenvalue weighted by Crippen LogP contribution is 2.35. The molecule has 1 aromatic heterocycles. The first-order valence-corrected chi connectivity index (χ1v) is 13.5. The number of hydrogen-bond acceptors (Lipinski definition) is 6. The fourth-order valence-electron chi connectivity index (χ4n) is 4.82. The third-order valence-corrected chi connectivity index (χ3v) is 7.74. The van der Waals surface area contributed by atoms with Gasteiger partial charge in [0.15, 0.2) is 0 Å². The lowest BCUT2D eigenvalue weighted by molar-refractivity contribution is -0.139. The predicted molar refractivity (Wildman–Crippen MR) is 145 cm³/mol. The molecule has 0 saturated carbocycles. The van der Waals surface area contributed by atoms with Gasteiger partial charge in [0, 0.05) is 49.5 Å². The predicted octanol–water partition coefficient (Wildman–Crippen LogP) is 4.32. The van der Waals surface area contributed by atoms with Gasteiger partial charge in [0.25, 0.3) is 5.91 Å². The van der Waals surface area contributed by atoms with Gasteiger partial charge < -0.3 is 15.0 Å². The molecule has 0 spiro atoms. The highest BCUT2D eigenvalue weighted by Gasteiger charge is 2.40. The van der Waals surface area contributed by atoms with Crippen LogP contribution in [-0.2, 0) is 9.53 Å². The summed E-state index contributed by atoms with van der Waals surface area (Å²) < 4.78 is 5.45. The molecule has 8 nitrogen and oxygen atoms in total. The number of benzene rings is 1. The SMILES string of the molecule is C=CCN1C(=O)N[C@@H](c2ccccc2Cl)C(C(=O)OCC)=C1CN1CCN(C(=O)c2cccs2)[C@@H](C)C1. The van der Waals surface area contributed by atoms with E-state index < -0.39 is 12.0 Å². The maximum atomic E-state index is 13.3. The minimum atomic E-state index is -0.754. The molecule has 1 fully saturated rings. The number of amides is 3. The molecule has 2 aromatic rings. The average molecular weight is 543 g/mol. The highest BCUT2D eigenvalue weighted by molar-refractivity contribution is 7.12. The van der Waals surface area contributed by atoms with Crippen LogP contribution in [0.2, 0.25) is 5.02 Å². The van der Waals surface area contributed by atoms with Gasteiger partial charge in [-0.15, -0.1) is 17.9 Å². The van der Waals surface area contributed by atoms with Gasteiger partial charge in [0.05, 0.1) is 23.1 Å². The Morgan fingerprint density at radius 3 is 2.68 bits per heavy atom. The molecule has 1 saturated heterocycles. The van der Waals surface area contributed by atoms with E-state index in [-0.39, 0.29) is 31.1 Å². The number of piperazine rings is 1. The van der Waals surface area contributed by atoms with E-state index in [1.54, 1.807) is 31.2 Å². The number of halogens is 1. The van der Waals surface area contributed by atoms with Crippen LogP contribution in [-0.4, -0.2) is 78.0 Å². The van der Waals surface area contributed by atoms with Crippen molar-refractivity contribution in [2.75, 3.05) is 39.3 Å². The van der Waals surface area contributed by atoms with Crippen molar-refractivity contribution in [2.45, 2.75) is 25.9 Å². The number of carbonyl (C=O) groups is 3. The summed E-state index contributed by atoms with van der Waals surface area (Å²) in [7, 11) is 0. The van der Waals surface area contributed by atoms with E-state index in [1.807, 2.05) is 35.4 Å². The minimum absolute atomic E-state index is 0.0256. The number of rotatable bonds is 8. The molecule has 37 heavy (non-hydrogen) atoms. The second-order valence-electron chi connectivity index (χ2n) is 8.94. The fourth-order valence-corrected chi connectivity index (χ4v) is 5.74. The number of urea groups is 1. The molecule has 0 bridgehead atoms. The van der Waals surface area contributed by atoms with Crippen LogP contribution in [0.4, 0.5) is 4.79 Å². The number of carbonyl (C=O) groups excluding carboxylic acids is 3. The van der Waals surface area contributed by atoms with Crippen molar-refractivity contribution < 1.29 is 19.1 Å². The molecule has 0 unspecified atom stereocenters. The summed E-state index contributed by atoms with van der Waals surface area (Å²) in [6.07, 6.45) is 1.62. The van der Waals surface area contributed by atoms with Gasteiger partial charge in [-0.05, 0) is 36.9 Å². The fraction of sp³-hybridized carbons (Fsp3) is 0.370. The zero-order valence-electron chi connectivity index (χ0n) is 21.0. The van der Waals surface area contributed by atoms with E-state index in [9.17, 15) is 14.4 Å². The molecule has 2 aliphatic rings. The molecule has 1 aromatic carbocycles. The van der Waals surface area contributed by atoms with Gasteiger partial charge in [-0.3, -0.25) is 14.6 Å². The maximum Gasteiger partial charge on any atom is 0.338 e. The van der Waals surface area contributed by atoms with Gasteiger partial charge in [0.1, 0.15) is 0 Å². The molecule has 0 aliphatic carbocycles. The quantitative estimate of drug-likeness (QED) is 0.397. The number of nitrogens with one attached hydrogen (secondary N) is 1. The zero-order chi connectivity index (χ0) is 26.5. The average Bonchev–Trinajstić information content (AvgIpc) is 3.41. The summed E-state index contributed by atoms with van der Waals surface area (Å²) in [6.45, 7) is 10.1. The highest BCUT2D eigenvalue weighted by atomic mass is 35.5. The summed E-state index contributed by atoms with van der Waals surface area (Å²) in [4.78, 5) is 45.8. The molecule has 4 rings (SSSR count). The van der Waals surface area contributed by atoms with E-state index in [4.69, 9.17) is 16.3 Å². The monoisotopic (exact) mass is 542 g/mol. The van der Waals surface area contributed by atoms with Crippen LogP contribution in [0.5, 0.6) is 0 Å². The first kappa shape index (κ1) is 26.9. The number of esters is 1. The van der Waals surface area contributed by atoms with Crippen molar-refractivity contribution in [1.29, 1.82) is 0 Å². The topological polar surface area (TPSA) is 82.2 Å². The normalized spacial score (nSPS) is 20.6.